The number of amides is 1. The number of hydrogen-bond acceptors (Lipinski definition) is 4. The maximum absolute atomic E-state index is 11.9. The van der Waals surface area contributed by atoms with E-state index >= 15 is 0 Å². The maximum atomic E-state index is 11.9. The van der Waals surface area contributed by atoms with Gasteiger partial charge in [-0.15, -0.1) is 0 Å². The van der Waals surface area contributed by atoms with Crippen LogP contribution in [0, 0.1) is 6.92 Å². The highest BCUT2D eigenvalue weighted by Crippen LogP contribution is 2.25. The molecule has 1 aliphatic rings. The Morgan fingerprint density at radius 1 is 1.38 bits per heavy atom. The first-order chi connectivity index (χ1) is 11.7. The number of piperazine rings is 1. The van der Waals surface area contributed by atoms with Crippen molar-refractivity contribution in [3.63, 3.8) is 0 Å². The summed E-state index contributed by atoms with van der Waals surface area (Å²) in [4.78, 5) is 18.8. The van der Waals surface area contributed by atoms with Gasteiger partial charge in [0.25, 0.3) is 5.91 Å². The Hall–Kier alpha value is -2.24. The van der Waals surface area contributed by atoms with Gasteiger partial charge in [-0.25, -0.2) is 0 Å². The third-order valence-electron chi connectivity index (χ3n) is 4.47. The SMILES string of the molecule is CNC(=O)c1cccc(C2CNCCN2Cc2ccc(C)nc2)c1. The molecule has 1 aromatic carbocycles. The van der Waals surface area contributed by atoms with Crippen LogP contribution in [0.4, 0.5) is 0 Å². The Morgan fingerprint density at radius 2 is 2.25 bits per heavy atom. The van der Waals surface area contributed by atoms with E-state index in [9.17, 15) is 4.79 Å². The Balaban J connectivity index is 1.81. The number of rotatable bonds is 4. The zero-order valence-corrected chi connectivity index (χ0v) is 14.2. The molecule has 2 heterocycles. The summed E-state index contributed by atoms with van der Waals surface area (Å²) < 4.78 is 0. The summed E-state index contributed by atoms with van der Waals surface area (Å²) in [6.07, 6.45) is 1.95. The molecule has 24 heavy (non-hydrogen) atoms. The van der Waals surface area contributed by atoms with Crippen LogP contribution in [0.5, 0.6) is 0 Å². The number of pyridine rings is 1. The van der Waals surface area contributed by atoms with Gasteiger partial charge in [-0.05, 0) is 36.2 Å². The van der Waals surface area contributed by atoms with E-state index in [1.807, 2.05) is 31.3 Å². The van der Waals surface area contributed by atoms with Gasteiger partial charge in [0.1, 0.15) is 0 Å². The second kappa shape index (κ2) is 7.55. The molecule has 0 radical (unpaired) electrons. The fourth-order valence-corrected chi connectivity index (χ4v) is 3.12. The number of carbonyl (C=O) groups is 1. The topological polar surface area (TPSA) is 57.3 Å². The van der Waals surface area contributed by atoms with Gasteiger partial charge < -0.3 is 10.6 Å². The van der Waals surface area contributed by atoms with Crippen molar-refractivity contribution in [2.75, 3.05) is 26.7 Å². The minimum atomic E-state index is -0.0464. The van der Waals surface area contributed by atoms with Crippen LogP contribution in [0.15, 0.2) is 42.6 Å². The lowest BCUT2D eigenvalue weighted by atomic mass is 10.00. The highest BCUT2D eigenvalue weighted by atomic mass is 16.1. The molecule has 5 heteroatoms. The number of aromatic nitrogens is 1. The lowest BCUT2D eigenvalue weighted by Crippen LogP contribution is -2.45. The maximum Gasteiger partial charge on any atom is 0.251 e. The number of hydrogen-bond donors (Lipinski definition) is 2. The van der Waals surface area contributed by atoms with Crippen LogP contribution in [0.3, 0.4) is 0 Å². The van der Waals surface area contributed by atoms with E-state index in [4.69, 9.17) is 0 Å². The van der Waals surface area contributed by atoms with E-state index in [0.717, 1.165) is 31.9 Å². The monoisotopic (exact) mass is 324 g/mol. The average molecular weight is 324 g/mol. The summed E-state index contributed by atoms with van der Waals surface area (Å²) in [5.41, 5.74) is 4.13. The zero-order chi connectivity index (χ0) is 16.9. The minimum Gasteiger partial charge on any atom is -0.355 e. The molecule has 0 spiro atoms. The van der Waals surface area contributed by atoms with Crippen molar-refractivity contribution < 1.29 is 4.79 Å². The summed E-state index contributed by atoms with van der Waals surface area (Å²) in [6.45, 7) is 5.70. The van der Waals surface area contributed by atoms with Gasteiger partial charge in [-0.3, -0.25) is 14.7 Å². The summed E-state index contributed by atoms with van der Waals surface area (Å²) in [5, 5.41) is 6.15. The van der Waals surface area contributed by atoms with E-state index in [2.05, 4.69) is 38.7 Å². The van der Waals surface area contributed by atoms with Crippen LogP contribution < -0.4 is 10.6 Å². The van der Waals surface area contributed by atoms with Crippen molar-refractivity contribution in [1.29, 1.82) is 0 Å². The van der Waals surface area contributed by atoms with Gasteiger partial charge in [-0.1, -0.05) is 18.2 Å². The first-order valence-corrected chi connectivity index (χ1v) is 8.35. The second-order valence-corrected chi connectivity index (χ2v) is 6.20. The Morgan fingerprint density at radius 3 is 3.00 bits per heavy atom. The molecule has 0 saturated carbocycles. The van der Waals surface area contributed by atoms with Crippen LogP contribution in [0.2, 0.25) is 0 Å². The number of carbonyl (C=O) groups excluding carboxylic acids is 1. The third-order valence-corrected chi connectivity index (χ3v) is 4.47. The zero-order valence-electron chi connectivity index (χ0n) is 14.2. The number of benzene rings is 1. The summed E-state index contributed by atoms with van der Waals surface area (Å²) in [6, 6.07) is 12.4. The van der Waals surface area contributed by atoms with Gasteiger partial charge >= 0.3 is 0 Å². The molecule has 1 aliphatic heterocycles. The summed E-state index contributed by atoms with van der Waals surface area (Å²) in [5.74, 6) is -0.0464. The van der Waals surface area contributed by atoms with Crippen molar-refractivity contribution in [3.05, 3.63) is 65.0 Å². The van der Waals surface area contributed by atoms with Gasteiger partial charge in [0, 0.05) is 56.7 Å². The van der Waals surface area contributed by atoms with E-state index in [-0.39, 0.29) is 11.9 Å². The molecule has 1 saturated heterocycles. The van der Waals surface area contributed by atoms with E-state index in [0.29, 0.717) is 5.56 Å². The van der Waals surface area contributed by atoms with Gasteiger partial charge in [0.15, 0.2) is 0 Å². The molecule has 1 aromatic heterocycles. The predicted octanol–water partition coefficient (Wildman–Crippen LogP) is 1.90. The standard InChI is InChI=1S/C19H24N4O/c1-14-6-7-15(11-22-14)13-23-9-8-21-12-18(23)16-4-3-5-17(10-16)19(24)20-2/h3-7,10-11,18,21H,8-9,12-13H2,1-2H3,(H,20,24). The first-order valence-electron chi connectivity index (χ1n) is 8.35. The molecular formula is C19H24N4O. The largest absolute Gasteiger partial charge is 0.355 e. The lowest BCUT2D eigenvalue weighted by molar-refractivity contribution is 0.0962. The van der Waals surface area contributed by atoms with Crippen molar-refractivity contribution in [3.8, 4) is 0 Å². The van der Waals surface area contributed by atoms with Crippen LogP contribution in [0.1, 0.15) is 33.2 Å². The van der Waals surface area contributed by atoms with E-state index in [1.165, 1.54) is 11.1 Å². The average Bonchev–Trinajstić information content (AvgIpc) is 2.63. The molecule has 3 rings (SSSR count). The fraction of sp³-hybridized carbons (Fsp3) is 0.368. The molecule has 0 bridgehead atoms. The Labute approximate surface area is 143 Å². The molecule has 1 unspecified atom stereocenters. The molecular weight excluding hydrogens is 300 g/mol. The quantitative estimate of drug-likeness (QED) is 0.902. The second-order valence-electron chi connectivity index (χ2n) is 6.20. The van der Waals surface area contributed by atoms with Crippen LogP contribution in [-0.4, -0.2) is 42.5 Å². The third kappa shape index (κ3) is 3.80. The lowest BCUT2D eigenvalue weighted by Gasteiger charge is -2.36. The summed E-state index contributed by atoms with van der Waals surface area (Å²) >= 11 is 0. The highest BCUT2D eigenvalue weighted by Gasteiger charge is 2.24. The molecule has 2 aromatic rings. The van der Waals surface area contributed by atoms with Crippen molar-refractivity contribution >= 4 is 5.91 Å². The van der Waals surface area contributed by atoms with Crippen molar-refractivity contribution in [1.82, 2.24) is 20.5 Å². The van der Waals surface area contributed by atoms with Gasteiger partial charge in [0.2, 0.25) is 0 Å². The minimum absolute atomic E-state index is 0.0464. The molecule has 2 N–H and O–H groups in total. The van der Waals surface area contributed by atoms with Gasteiger partial charge in [-0.2, -0.15) is 0 Å². The molecule has 0 aliphatic carbocycles. The van der Waals surface area contributed by atoms with Crippen molar-refractivity contribution in [2.24, 2.45) is 0 Å². The van der Waals surface area contributed by atoms with E-state index < -0.39 is 0 Å². The molecule has 1 atom stereocenters. The highest BCUT2D eigenvalue weighted by molar-refractivity contribution is 5.94. The number of aryl methyl sites for hydroxylation is 1. The van der Waals surface area contributed by atoms with Crippen molar-refractivity contribution in [2.45, 2.75) is 19.5 Å². The Kier molecular flexibility index (Phi) is 5.23. The van der Waals surface area contributed by atoms with Crippen LogP contribution in [-0.2, 0) is 6.54 Å². The Bertz CT molecular complexity index is 699. The van der Waals surface area contributed by atoms with Gasteiger partial charge in [0.05, 0.1) is 0 Å². The predicted molar refractivity (Wildman–Crippen MR) is 94.8 cm³/mol. The van der Waals surface area contributed by atoms with E-state index in [1.54, 1.807) is 7.05 Å². The normalized spacial score (nSPS) is 18.3. The fourth-order valence-electron chi connectivity index (χ4n) is 3.12. The number of nitrogens with one attached hydrogen (secondary N) is 2. The first kappa shape index (κ1) is 16.6. The summed E-state index contributed by atoms with van der Waals surface area (Å²) in [7, 11) is 1.66. The number of nitrogens with zero attached hydrogens (tertiary/aromatic N) is 2. The molecule has 1 amide bonds. The molecule has 126 valence electrons. The molecule has 1 fully saturated rings. The molecule has 5 nitrogen and oxygen atoms in total. The van der Waals surface area contributed by atoms with Crippen LogP contribution in [0.25, 0.3) is 0 Å². The van der Waals surface area contributed by atoms with Crippen LogP contribution >= 0.6 is 0 Å². The smallest absolute Gasteiger partial charge is 0.251 e.